The van der Waals surface area contributed by atoms with Crippen molar-refractivity contribution in [1.82, 2.24) is 13.9 Å². The quantitative estimate of drug-likeness (QED) is 0.800. The molecule has 1 N–H and O–H groups in total. The van der Waals surface area contributed by atoms with Crippen molar-refractivity contribution in [3.8, 4) is 0 Å². The number of halogens is 1. The van der Waals surface area contributed by atoms with E-state index in [4.69, 9.17) is 0 Å². The zero-order valence-corrected chi connectivity index (χ0v) is 11.9. The summed E-state index contributed by atoms with van der Waals surface area (Å²) in [4.78, 5) is 0. The second kappa shape index (κ2) is 6.33. The van der Waals surface area contributed by atoms with Crippen molar-refractivity contribution in [2.45, 2.75) is 32.2 Å². The lowest BCUT2D eigenvalue weighted by Gasteiger charge is -2.37. The summed E-state index contributed by atoms with van der Waals surface area (Å²) in [5, 5.41) is 3.21. The third-order valence-corrected chi connectivity index (χ3v) is 5.53. The van der Waals surface area contributed by atoms with E-state index in [0.717, 1.165) is 32.4 Å². The predicted molar refractivity (Wildman–Crippen MR) is 70.6 cm³/mol. The van der Waals surface area contributed by atoms with Crippen LogP contribution in [0.15, 0.2) is 0 Å². The second-order valence-corrected chi connectivity index (χ2v) is 6.51. The minimum atomic E-state index is -3.21. The van der Waals surface area contributed by atoms with Crippen molar-refractivity contribution in [2.75, 3.05) is 32.7 Å². The maximum absolute atomic E-state index is 12.4. The molecule has 0 unspecified atom stereocenters. The van der Waals surface area contributed by atoms with Crippen LogP contribution in [0.1, 0.15) is 26.2 Å². The molecule has 0 bridgehead atoms. The normalized spacial score (nSPS) is 28.6. The molecule has 2 aliphatic heterocycles. The molecule has 17 heavy (non-hydrogen) atoms. The molecule has 0 amide bonds. The molecule has 2 heterocycles. The first kappa shape index (κ1) is 15.2. The van der Waals surface area contributed by atoms with Gasteiger partial charge in [0.2, 0.25) is 0 Å². The Morgan fingerprint density at radius 2 is 1.76 bits per heavy atom. The molecule has 2 fully saturated rings. The molecule has 0 spiro atoms. The number of piperazine rings is 1. The second-order valence-electron chi connectivity index (χ2n) is 4.63. The number of hydrogen-bond donors (Lipinski definition) is 1. The largest absolute Gasteiger partial charge is 0.314 e. The maximum atomic E-state index is 12.4. The van der Waals surface area contributed by atoms with Crippen LogP contribution in [0.2, 0.25) is 0 Å². The molecular formula is C10H22ClN3O2S. The third-order valence-electron chi connectivity index (χ3n) is 3.38. The maximum Gasteiger partial charge on any atom is 0.282 e. The summed E-state index contributed by atoms with van der Waals surface area (Å²) in [5.74, 6) is 0. The molecule has 5 nitrogen and oxygen atoms in total. The van der Waals surface area contributed by atoms with E-state index in [-0.39, 0.29) is 18.4 Å². The standard InChI is InChI=1S/C10H21N3O2S.ClH/c1-10-9-11-5-8-13(10)16(14,15)12-6-3-2-4-7-12;/h10-11H,2-9H2,1H3;1H/t10-;/m1./s1. The summed E-state index contributed by atoms with van der Waals surface area (Å²) in [5.41, 5.74) is 0. The molecule has 1 atom stereocenters. The van der Waals surface area contributed by atoms with Gasteiger partial charge in [-0.1, -0.05) is 6.42 Å². The van der Waals surface area contributed by atoms with Gasteiger partial charge in [0.05, 0.1) is 0 Å². The first-order valence-electron chi connectivity index (χ1n) is 6.10. The first-order chi connectivity index (χ1) is 7.62. The van der Waals surface area contributed by atoms with Crippen molar-refractivity contribution in [3.05, 3.63) is 0 Å². The van der Waals surface area contributed by atoms with E-state index < -0.39 is 10.2 Å². The molecule has 0 aromatic rings. The van der Waals surface area contributed by atoms with Gasteiger partial charge in [-0.05, 0) is 19.8 Å². The highest BCUT2D eigenvalue weighted by Gasteiger charge is 2.34. The highest BCUT2D eigenvalue weighted by molar-refractivity contribution is 7.86. The van der Waals surface area contributed by atoms with Crippen LogP contribution in [0.4, 0.5) is 0 Å². The van der Waals surface area contributed by atoms with Gasteiger partial charge in [0, 0.05) is 38.8 Å². The lowest BCUT2D eigenvalue weighted by atomic mass is 10.2. The topological polar surface area (TPSA) is 52.7 Å². The summed E-state index contributed by atoms with van der Waals surface area (Å²) in [6, 6.07) is 0.0701. The molecule has 0 aromatic carbocycles. The number of nitrogens with zero attached hydrogens (tertiary/aromatic N) is 2. The van der Waals surface area contributed by atoms with E-state index in [0.29, 0.717) is 19.6 Å². The molecule has 2 aliphatic rings. The molecule has 0 aromatic heterocycles. The van der Waals surface area contributed by atoms with Gasteiger partial charge in [0.25, 0.3) is 10.2 Å². The Bertz CT molecular complexity index is 330. The minimum absolute atomic E-state index is 0. The van der Waals surface area contributed by atoms with Crippen molar-refractivity contribution < 1.29 is 8.42 Å². The zero-order valence-electron chi connectivity index (χ0n) is 10.3. The summed E-state index contributed by atoms with van der Waals surface area (Å²) < 4.78 is 28.0. The first-order valence-corrected chi connectivity index (χ1v) is 7.50. The van der Waals surface area contributed by atoms with Gasteiger partial charge in [0.15, 0.2) is 0 Å². The Hall–Kier alpha value is 0.120. The molecule has 2 saturated heterocycles. The van der Waals surface area contributed by atoms with Crippen LogP contribution < -0.4 is 5.32 Å². The molecule has 102 valence electrons. The number of piperidine rings is 1. The summed E-state index contributed by atoms with van der Waals surface area (Å²) in [6.07, 6.45) is 3.16. The van der Waals surface area contributed by atoms with Crippen molar-refractivity contribution in [3.63, 3.8) is 0 Å². The number of hydrogen-bond acceptors (Lipinski definition) is 3. The Morgan fingerprint density at radius 1 is 1.12 bits per heavy atom. The monoisotopic (exact) mass is 283 g/mol. The zero-order chi connectivity index (χ0) is 11.6. The van der Waals surface area contributed by atoms with Gasteiger partial charge >= 0.3 is 0 Å². The van der Waals surface area contributed by atoms with E-state index >= 15 is 0 Å². The van der Waals surface area contributed by atoms with Gasteiger partial charge in [0.1, 0.15) is 0 Å². The fourth-order valence-corrected chi connectivity index (χ4v) is 4.28. The lowest BCUT2D eigenvalue weighted by molar-refractivity contribution is 0.246. The van der Waals surface area contributed by atoms with Gasteiger partial charge < -0.3 is 5.32 Å². The van der Waals surface area contributed by atoms with E-state index in [1.54, 1.807) is 8.61 Å². The van der Waals surface area contributed by atoms with Gasteiger partial charge in [-0.3, -0.25) is 0 Å². The fraction of sp³-hybridized carbons (Fsp3) is 1.00. The van der Waals surface area contributed by atoms with E-state index in [1.807, 2.05) is 6.92 Å². The molecule has 7 heteroatoms. The smallest absolute Gasteiger partial charge is 0.282 e. The fourth-order valence-electron chi connectivity index (χ4n) is 2.41. The molecular weight excluding hydrogens is 262 g/mol. The summed E-state index contributed by atoms with van der Waals surface area (Å²) in [7, 11) is -3.21. The Labute approximate surface area is 110 Å². The van der Waals surface area contributed by atoms with Crippen LogP contribution in [-0.2, 0) is 10.2 Å². The van der Waals surface area contributed by atoms with Crippen LogP contribution in [-0.4, -0.2) is 55.8 Å². The van der Waals surface area contributed by atoms with Gasteiger partial charge in [-0.15, -0.1) is 12.4 Å². The highest BCUT2D eigenvalue weighted by atomic mass is 35.5. The highest BCUT2D eigenvalue weighted by Crippen LogP contribution is 2.19. The van der Waals surface area contributed by atoms with E-state index in [2.05, 4.69) is 5.32 Å². The third kappa shape index (κ3) is 3.32. The van der Waals surface area contributed by atoms with Crippen molar-refractivity contribution in [1.29, 1.82) is 0 Å². The Morgan fingerprint density at radius 3 is 2.35 bits per heavy atom. The van der Waals surface area contributed by atoms with Gasteiger partial charge in [-0.25, -0.2) is 0 Å². The van der Waals surface area contributed by atoms with Crippen LogP contribution in [0.3, 0.4) is 0 Å². The number of rotatable bonds is 2. The molecule has 0 radical (unpaired) electrons. The predicted octanol–water partition coefficient (Wildman–Crippen LogP) is 0.433. The Kier molecular flexibility index (Phi) is 5.66. The SMILES string of the molecule is C[C@@H]1CNCCN1S(=O)(=O)N1CCCCC1.Cl. The van der Waals surface area contributed by atoms with Crippen LogP contribution in [0.5, 0.6) is 0 Å². The van der Waals surface area contributed by atoms with E-state index in [9.17, 15) is 8.42 Å². The minimum Gasteiger partial charge on any atom is -0.314 e. The Balaban J connectivity index is 0.00000144. The van der Waals surface area contributed by atoms with Crippen LogP contribution in [0, 0.1) is 0 Å². The van der Waals surface area contributed by atoms with E-state index in [1.165, 1.54) is 0 Å². The summed E-state index contributed by atoms with van der Waals surface area (Å²) >= 11 is 0. The van der Waals surface area contributed by atoms with Crippen LogP contribution >= 0.6 is 12.4 Å². The lowest BCUT2D eigenvalue weighted by Crippen LogP contribution is -2.56. The van der Waals surface area contributed by atoms with Crippen molar-refractivity contribution >= 4 is 22.6 Å². The van der Waals surface area contributed by atoms with Crippen molar-refractivity contribution in [2.24, 2.45) is 0 Å². The van der Waals surface area contributed by atoms with Crippen LogP contribution in [0.25, 0.3) is 0 Å². The average Bonchev–Trinajstić information content (AvgIpc) is 2.30. The van der Waals surface area contributed by atoms with Gasteiger partial charge in [-0.2, -0.15) is 17.0 Å². The molecule has 0 saturated carbocycles. The summed E-state index contributed by atoms with van der Waals surface area (Å²) in [6.45, 7) is 5.47. The average molecular weight is 284 g/mol. The number of nitrogens with one attached hydrogen (secondary N) is 1. The molecule has 0 aliphatic carbocycles. The molecule has 2 rings (SSSR count).